The number of rotatable bonds is 2. The lowest BCUT2D eigenvalue weighted by atomic mass is 9.96. The maximum absolute atomic E-state index is 12.4. The fourth-order valence-corrected chi connectivity index (χ4v) is 4.36. The van der Waals surface area contributed by atoms with E-state index in [9.17, 15) is 4.79 Å². The van der Waals surface area contributed by atoms with Crippen molar-refractivity contribution in [3.8, 4) is 0 Å². The highest BCUT2D eigenvalue weighted by molar-refractivity contribution is 7.10. The minimum Gasteiger partial charge on any atom is -0.329 e. The molecule has 0 fully saturated rings. The van der Waals surface area contributed by atoms with Crippen molar-refractivity contribution in [3.63, 3.8) is 0 Å². The Morgan fingerprint density at radius 1 is 1.26 bits per heavy atom. The van der Waals surface area contributed by atoms with Gasteiger partial charge in [-0.15, -0.1) is 11.3 Å². The predicted molar refractivity (Wildman–Crippen MR) is 93.9 cm³/mol. The molecule has 0 aliphatic carbocycles. The van der Waals surface area contributed by atoms with Gasteiger partial charge in [0.05, 0.1) is 11.0 Å². The average molecular weight is 323 g/mol. The molecule has 0 spiro atoms. The molecule has 0 amide bonds. The Hall–Kier alpha value is -2.40. The first-order chi connectivity index (χ1) is 11.1. The zero-order valence-corrected chi connectivity index (χ0v) is 14.1. The number of imidazole rings is 1. The first kappa shape index (κ1) is 14.2. The number of para-hydroxylation sites is 2. The number of nitrogens with one attached hydrogen (secondary N) is 1. The van der Waals surface area contributed by atoms with Gasteiger partial charge in [0.25, 0.3) is 0 Å². The number of ketones is 1. The van der Waals surface area contributed by atoms with Crippen molar-refractivity contribution in [1.82, 2.24) is 9.55 Å². The third-order valence-electron chi connectivity index (χ3n) is 4.36. The van der Waals surface area contributed by atoms with Crippen LogP contribution in [0.15, 0.2) is 47.0 Å². The van der Waals surface area contributed by atoms with E-state index in [1.165, 1.54) is 10.4 Å². The fraction of sp³-hybridized carbons (Fsp3) is 0.222. The third kappa shape index (κ3) is 2.04. The Balaban J connectivity index is 2.07. The molecule has 1 aromatic carbocycles. The van der Waals surface area contributed by atoms with Crippen LogP contribution in [-0.2, 0) is 4.79 Å². The fourth-order valence-electron chi connectivity index (χ4n) is 3.33. The van der Waals surface area contributed by atoms with Gasteiger partial charge in [0.15, 0.2) is 5.78 Å². The predicted octanol–water partition coefficient (Wildman–Crippen LogP) is 4.28. The summed E-state index contributed by atoms with van der Waals surface area (Å²) >= 11 is 1.69. The second kappa shape index (κ2) is 5.06. The molecular formula is C18H17N3OS. The highest BCUT2D eigenvalue weighted by Gasteiger charge is 2.33. The van der Waals surface area contributed by atoms with Gasteiger partial charge >= 0.3 is 0 Å². The number of Topliss-reactive ketones (excluding diaryl/α,β-unsaturated/α-hetero) is 1. The number of allylic oxidation sites excluding steroid dienone is 2. The van der Waals surface area contributed by atoms with Gasteiger partial charge in [-0.3, -0.25) is 9.36 Å². The maximum Gasteiger partial charge on any atom is 0.209 e. The van der Waals surface area contributed by atoms with Crippen molar-refractivity contribution in [2.45, 2.75) is 26.8 Å². The van der Waals surface area contributed by atoms with E-state index in [0.29, 0.717) is 0 Å². The van der Waals surface area contributed by atoms with Crippen LogP contribution in [0.3, 0.4) is 0 Å². The number of nitrogens with zero attached hydrogens (tertiary/aromatic N) is 2. The van der Waals surface area contributed by atoms with Crippen LogP contribution in [-0.4, -0.2) is 15.3 Å². The summed E-state index contributed by atoms with van der Waals surface area (Å²) in [7, 11) is 0. The van der Waals surface area contributed by atoms with E-state index >= 15 is 0 Å². The summed E-state index contributed by atoms with van der Waals surface area (Å²) in [5.41, 5.74) is 4.88. The quantitative estimate of drug-likeness (QED) is 0.765. The molecule has 0 bridgehead atoms. The molecule has 1 N–H and O–H groups in total. The Kier molecular flexibility index (Phi) is 3.13. The monoisotopic (exact) mass is 323 g/mol. The van der Waals surface area contributed by atoms with Crippen molar-refractivity contribution in [1.29, 1.82) is 0 Å². The van der Waals surface area contributed by atoms with Crippen LogP contribution < -0.4 is 5.32 Å². The van der Waals surface area contributed by atoms with E-state index in [2.05, 4.69) is 34.3 Å². The number of anilines is 1. The molecule has 23 heavy (non-hydrogen) atoms. The first-order valence-corrected chi connectivity index (χ1v) is 8.45. The second-order valence-electron chi connectivity index (χ2n) is 5.88. The van der Waals surface area contributed by atoms with E-state index in [-0.39, 0.29) is 11.8 Å². The number of fused-ring (bicyclic) bond motifs is 3. The Labute approximate surface area is 138 Å². The lowest BCUT2D eigenvalue weighted by molar-refractivity contribution is -0.114. The topological polar surface area (TPSA) is 46.9 Å². The van der Waals surface area contributed by atoms with E-state index in [0.717, 1.165) is 28.3 Å². The molecule has 4 nitrogen and oxygen atoms in total. The van der Waals surface area contributed by atoms with E-state index in [1.54, 1.807) is 18.3 Å². The number of carbonyl (C=O) groups excluding carboxylic acids is 1. The lowest BCUT2D eigenvalue weighted by Gasteiger charge is -2.29. The summed E-state index contributed by atoms with van der Waals surface area (Å²) in [5.74, 6) is 0.891. The molecule has 3 heterocycles. The summed E-state index contributed by atoms with van der Waals surface area (Å²) in [5, 5.41) is 5.39. The molecule has 5 heteroatoms. The third-order valence-corrected chi connectivity index (χ3v) is 5.43. The summed E-state index contributed by atoms with van der Waals surface area (Å²) in [6.45, 7) is 5.69. The zero-order valence-electron chi connectivity index (χ0n) is 13.3. The SMILES string of the molecule is CC(=O)C1=C(C)Nc2nc3ccccc3n2[C@H]1c1sccc1C. The van der Waals surface area contributed by atoms with Gasteiger partial charge in [0, 0.05) is 16.1 Å². The number of thiophene rings is 1. The maximum atomic E-state index is 12.4. The van der Waals surface area contributed by atoms with E-state index in [1.807, 2.05) is 25.1 Å². The van der Waals surface area contributed by atoms with Crippen LogP contribution in [0.5, 0.6) is 0 Å². The van der Waals surface area contributed by atoms with Gasteiger partial charge in [0.2, 0.25) is 5.95 Å². The standard InChI is InChI=1S/C18H17N3OS/c1-10-8-9-23-17(10)16-15(12(3)22)11(2)19-18-20-13-6-4-5-7-14(13)21(16)18/h4-9,16H,1-3H3,(H,19,20)/t16-/m1/s1. The number of aryl methyl sites for hydroxylation is 1. The van der Waals surface area contributed by atoms with E-state index in [4.69, 9.17) is 4.98 Å². The molecule has 3 aromatic rings. The molecular weight excluding hydrogens is 306 g/mol. The first-order valence-electron chi connectivity index (χ1n) is 7.57. The second-order valence-corrected chi connectivity index (χ2v) is 6.83. The number of carbonyl (C=O) groups is 1. The highest BCUT2D eigenvalue weighted by atomic mass is 32.1. The van der Waals surface area contributed by atoms with Crippen LogP contribution in [0, 0.1) is 6.92 Å². The van der Waals surface area contributed by atoms with Crippen LogP contribution >= 0.6 is 11.3 Å². The minimum absolute atomic E-state index is 0.0937. The average Bonchev–Trinajstić information content (AvgIpc) is 3.08. The number of benzene rings is 1. The van der Waals surface area contributed by atoms with Crippen molar-refractivity contribution in [2.75, 3.05) is 5.32 Å². The van der Waals surface area contributed by atoms with Crippen molar-refractivity contribution >= 4 is 34.1 Å². The summed E-state index contributed by atoms with van der Waals surface area (Å²) in [4.78, 5) is 18.3. The minimum atomic E-state index is -0.115. The number of aromatic nitrogens is 2. The molecule has 1 aliphatic heterocycles. The molecule has 0 saturated heterocycles. The van der Waals surface area contributed by atoms with Crippen LogP contribution in [0.25, 0.3) is 11.0 Å². The van der Waals surface area contributed by atoms with Crippen LogP contribution in [0.4, 0.5) is 5.95 Å². The summed E-state index contributed by atoms with van der Waals surface area (Å²) < 4.78 is 2.15. The van der Waals surface area contributed by atoms with Gasteiger partial charge < -0.3 is 5.32 Å². The Morgan fingerprint density at radius 2 is 2.04 bits per heavy atom. The van der Waals surface area contributed by atoms with Crippen LogP contribution in [0.1, 0.15) is 30.3 Å². The normalized spacial score (nSPS) is 17.3. The van der Waals surface area contributed by atoms with Gasteiger partial charge in [-0.1, -0.05) is 12.1 Å². The Bertz CT molecular complexity index is 964. The molecule has 116 valence electrons. The molecule has 0 unspecified atom stereocenters. The highest BCUT2D eigenvalue weighted by Crippen LogP contribution is 2.42. The number of hydrogen-bond donors (Lipinski definition) is 1. The van der Waals surface area contributed by atoms with Gasteiger partial charge in [0.1, 0.15) is 6.04 Å². The Morgan fingerprint density at radius 3 is 2.74 bits per heavy atom. The zero-order chi connectivity index (χ0) is 16.1. The molecule has 2 aromatic heterocycles. The van der Waals surface area contributed by atoms with E-state index < -0.39 is 0 Å². The molecule has 0 saturated carbocycles. The largest absolute Gasteiger partial charge is 0.329 e. The molecule has 0 radical (unpaired) electrons. The number of hydrogen-bond acceptors (Lipinski definition) is 4. The molecule has 4 rings (SSSR count). The van der Waals surface area contributed by atoms with Gasteiger partial charge in [-0.2, -0.15) is 0 Å². The van der Waals surface area contributed by atoms with Crippen LogP contribution in [0.2, 0.25) is 0 Å². The van der Waals surface area contributed by atoms with Gasteiger partial charge in [-0.25, -0.2) is 4.98 Å². The van der Waals surface area contributed by atoms with Gasteiger partial charge in [-0.05, 0) is 49.9 Å². The summed E-state index contributed by atoms with van der Waals surface area (Å²) in [6.07, 6.45) is 0. The molecule has 1 aliphatic rings. The summed E-state index contributed by atoms with van der Waals surface area (Å²) in [6, 6.07) is 10.0. The van der Waals surface area contributed by atoms with Crippen molar-refractivity contribution in [2.24, 2.45) is 0 Å². The van der Waals surface area contributed by atoms with Crippen molar-refractivity contribution in [3.05, 3.63) is 57.4 Å². The smallest absolute Gasteiger partial charge is 0.209 e. The molecule has 1 atom stereocenters. The lowest BCUT2D eigenvalue weighted by Crippen LogP contribution is -2.26. The van der Waals surface area contributed by atoms with Crippen molar-refractivity contribution < 1.29 is 4.79 Å².